The highest BCUT2D eigenvalue weighted by atomic mass is 35.5. The third-order valence-electron chi connectivity index (χ3n) is 5.46. The standard InChI is InChI=1S/C24H24Cl2N2O/c1-15-11-16(2)22-19(12-15)13-20(23(26)27-22)14-28(24(29)18-5-6-18)10-9-17-3-7-21(25)8-4-17/h3-4,7-8,11-13,18H,5-6,9-10,14H2,1-2H3. The molecule has 2 aromatic carbocycles. The molecule has 0 unspecified atom stereocenters. The van der Waals surface area contributed by atoms with Gasteiger partial charge >= 0.3 is 0 Å². The van der Waals surface area contributed by atoms with Crippen molar-refractivity contribution >= 4 is 40.0 Å². The van der Waals surface area contributed by atoms with Crippen LogP contribution in [0.4, 0.5) is 0 Å². The van der Waals surface area contributed by atoms with Crippen molar-refractivity contribution in [1.82, 2.24) is 9.88 Å². The van der Waals surface area contributed by atoms with E-state index in [1.54, 1.807) is 0 Å². The fourth-order valence-electron chi connectivity index (χ4n) is 3.76. The zero-order chi connectivity index (χ0) is 20.5. The summed E-state index contributed by atoms with van der Waals surface area (Å²) in [6.07, 6.45) is 2.75. The number of carbonyl (C=O) groups is 1. The van der Waals surface area contributed by atoms with E-state index >= 15 is 0 Å². The molecule has 0 saturated heterocycles. The van der Waals surface area contributed by atoms with Gasteiger partial charge in [0, 0.05) is 35.0 Å². The highest BCUT2D eigenvalue weighted by Gasteiger charge is 2.33. The minimum absolute atomic E-state index is 0.164. The van der Waals surface area contributed by atoms with Crippen LogP contribution in [-0.2, 0) is 17.8 Å². The zero-order valence-corrected chi connectivity index (χ0v) is 18.2. The van der Waals surface area contributed by atoms with Crippen LogP contribution in [0.5, 0.6) is 0 Å². The molecule has 1 saturated carbocycles. The molecular weight excluding hydrogens is 403 g/mol. The number of rotatable bonds is 6. The van der Waals surface area contributed by atoms with Crippen molar-refractivity contribution in [2.24, 2.45) is 5.92 Å². The highest BCUT2D eigenvalue weighted by molar-refractivity contribution is 6.30. The number of amides is 1. The average Bonchev–Trinajstić information content (AvgIpc) is 3.52. The lowest BCUT2D eigenvalue weighted by Crippen LogP contribution is -2.33. The fraction of sp³-hybridized carbons (Fsp3) is 0.333. The number of aryl methyl sites for hydroxylation is 2. The highest BCUT2D eigenvalue weighted by Crippen LogP contribution is 2.32. The molecule has 0 spiro atoms. The van der Waals surface area contributed by atoms with Gasteiger partial charge in [0.25, 0.3) is 0 Å². The van der Waals surface area contributed by atoms with Gasteiger partial charge in [-0.15, -0.1) is 0 Å². The molecule has 0 radical (unpaired) electrons. The summed E-state index contributed by atoms with van der Waals surface area (Å²) in [6.45, 7) is 5.26. The van der Waals surface area contributed by atoms with Crippen LogP contribution in [0, 0.1) is 19.8 Å². The van der Waals surface area contributed by atoms with Crippen molar-refractivity contribution in [2.75, 3.05) is 6.54 Å². The van der Waals surface area contributed by atoms with E-state index in [0.29, 0.717) is 18.2 Å². The molecule has 3 nitrogen and oxygen atoms in total. The van der Waals surface area contributed by atoms with Crippen LogP contribution in [0.25, 0.3) is 10.9 Å². The SMILES string of the molecule is Cc1cc(C)c2nc(Cl)c(CN(CCc3ccc(Cl)cc3)C(=O)C3CC3)cc2c1. The monoisotopic (exact) mass is 426 g/mol. The minimum Gasteiger partial charge on any atom is -0.338 e. The van der Waals surface area contributed by atoms with E-state index in [-0.39, 0.29) is 11.8 Å². The number of hydrogen-bond acceptors (Lipinski definition) is 2. The zero-order valence-electron chi connectivity index (χ0n) is 16.7. The molecule has 4 rings (SSSR count). The molecule has 3 aromatic rings. The second-order valence-corrected chi connectivity index (χ2v) is 8.80. The molecule has 1 amide bonds. The van der Waals surface area contributed by atoms with Crippen LogP contribution in [0.15, 0.2) is 42.5 Å². The van der Waals surface area contributed by atoms with Gasteiger partial charge in [-0.1, -0.05) is 47.0 Å². The van der Waals surface area contributed by atoms with Gasteiger partial charge in [-0.05, 0) is 68.5 Å². The van der Waals surface area contributed by atoms with E-state index in [1.165, 1.54) is 5.56 Å². The summed E-state index contributed by atoms with van der Waals surface area (Å²) in [6, 6.07) is 14.1. The van der Waals surface area contributed by atoms with E-state index in [9.17, 15) is 4.79 Å². The molecule has 1 heterocycles. The number of aromatic nitrogens is 1. The van der Waals surface area contributed by atoms with Crippen molar-refractivity contribution in [2.45, 2.75) is 39.7 Å². The predicted molar refractivity (Wildman–Crippen MR) is 120 cm³/mol. The largest absolute Gasteiger partial charge is 0.338 e. The summed E-state index contributed by atoms with van der Waals surface area (Å²) >= 11 is 12.5. The number of hydrogen-bond donors (Lipinski definition) is 0. The predicted octanol–water partition coefficient (Wildman–Crippen LogP) is 6.14. The lowest BCUT2D eigenvalue weighted by atomic mass is 10.0. The van der Waals surface area contributed by atoms with Crippen LogP contribution in [-0.4, -0.2) is 22.3 Å². The van der Waals surface area contributed by atoms with Gasteiger partial charge in [0.05, 0.1) is 5.52 Å². The van der Waals surface area contributed by atoms with Crippen molar-refractivity contribution in [3.05, 3.63) is 74.9 Å². The topological polar surface area (TPSA) is 33.2 Å². The Balaban J connectivity index is 1.59. The number of carbonyl (C=O) groups excluding carboxylic acids is 1. The molecule has 29 heavy (non-hydrogen) atoms. The maximum Gasteiger partial charge on any atom is 0.225 e. The Morgan fingerprint density at radius 3 is 2.52 bits per heavy atom. The Labute approximate surface area is 181 Å². The number of fused-ring (bicyclic) bond motifs is 1. The normalized spacial score (nSPS) is 13.7. The molecule has 0 bridgehead atoms. The molecule has 0 N–H and O–H groups in total. The maximum absolute atomic E-state index is 12.9. The lowest BCUT2D eigenvalue weighted by molar-refractivity contribution is -0.133. The van der Waals surface area contributed by atoms with E-state index < -0.39 is 0 Å². The van der Waals surface area contributed by atoms with E-state index in [1.807, 2.05) is 36.1 Å². The molecule has 0 aliphatic heterocycles. The van der Waals surface area contributed by atoms with Crippen molar-refractivity contribution < 1.29 is 4.79 Å². The Morgan fingerprint density at radius 1 is 1.10 bits per heavy atom. The fourth-order valence-corrected chi connectivity index (χ4v) is 4.08. The second kappa shape index (κ2) is 8.33. The molecule has 0 atom stereocenters. The second-order valence-electron chi connectivity index (χ2n) is 8.00. The molecular formula is C24H24Cl2N2O. The van der Waals surface area contributed by atoms with E-state index in [4.69, 9.17) is 23.2 Å². The van der Waals surface area contributed by atoms with Gasteiger partial charge in [-0.3, -0.25) is 4.79 Å². The molecule has 1 fully saturated rings. The lowest BCUT2D eigenvalue weighted by Gasteiger charge is -2.24. The van der Waals surface area contributed by atoms with Gasteiger partial charge in [-0.2, -0.15) is 0 Å². The van der Waals surface area contributed by atoms with Gasteiger partial charge in [-0.25, -0.2) is 4.98 Å². The summed E-state index contributed by atoms with van der Waals surface area (Å²) < 4.78 is 0. The van der Waals surface area contributed by atoms with Crippen LogP contribution in [0.3, 0.4) is 0 Å². The molecule has 5 heteroatoms. The molecule has 1 aliphatic rings. The van der Waals surface area contributed by atoms with Gasteiger partial charge in [0.15, 0.2) is 0 Å². The Kier molecular flexibility index (Phi) is 5.80. The quantitative estimate of drug-likeness (QED) is 0.443. The van der Waals surface area contributed by atoms with Crippen molar-refractivity contribution in [1.29, 1.82) is 0 Å². The van der Waals surface area contributed by atoms with Crippen LogP contribution < -0.4 is 0 Å². The van der Waals surface area contributed by atoms with Gasteiger partial charge < -0.3 is 4.90 Å². The Morgan fingerprint density at radius 2 is 1.83 bits per heavy atom. The average molecular weight is 427 g/mol. The van der Waals surface area contributed by atoms with Crippen molar-refractivity contribution in [3.63, 3.8) is 0 Å². The molecule has 1 aromatic heterocycles. The van der Waals surface area contributed by atoms with E-state index in [2.05, 4.69) is 30.1 Å². The van der Waals surface area contributed by atoms with Gasteiger partial charge in [0.1, 0.15) is 5.15 Å². The Hall–Kier alpha value is -2.10. The van der Waals surface area contributed by atoms with Crippen LogP contribution >= 0.6 is 23.2 Å². The minimum atomic E-state index is 0.164. The number of nitrogens with zero attached hydrogens (tertiary/aromatic N) is 2. The van der Waals surface area contributed by atoms with Crippen molar-refractivity contribution in [3.8, 4) is 0 Å². The smallest absolute Gasteiger partial charge is 0.225 e. The van der Waals surface area contributed by atoms with E-state index in [0.717, 1.165) is 51.9 Å². The summed E-state index contributed by atoms with van der Waals surface area (Å²) in [5, 5.41) is 2.27. The van der Waals surface area contributed by atoms with Crippen LogP contribution in [0.2, 0.25) is 10.2 Å². The third-order valence-corrected chi connectivity index (χ3v) is 6.04. The summed E-state index contributed by atoms with van der Waals surface area (Å²) in [4.78, 5) is 19.5. The van der Waals surface area contributed by atoms with Gasteiger partial charge in [0.2, 0.25) is 5.91 Å². The molecule has 150 valence electrons. The first-order chi connectivity index (χ1) is 13.9. The first-order valence-electron chi connectivity index (χ1n) is 10.0. The first kappa shape index (κ1) is 20.2. The van der Waals surface area contributed by atoms with Crippen LogP contribution in [0.1, 0.15) is 35.1 Å². The summed E-state index contributed by atoms with van der Waals surface area (Å²) in [5.74, 6) is 0.382. The maximum atomic E-state index is 12.9. The first-order valence-corrected chi connectivity index (χ1v) is 10.8. The molecule has 1 aliphatic carbocycles. The number of pyridine rings is 1. The number of benzene rings is 2. The number of halogens is 2. The summed E-state index contributed by atoms with van der Waals surface area (Å²) in [7, 11) is 0. The Bertz CT molecular complexity index is 1060. The third kappa shape index (κ3) is 4.73. The summed E-state index contributed by atoms with van der Waals surface area (Å²) in [5.41, 5.74) is 5.29.